The molecule has 0 bridgehead atoms. The topological polar surface area (TPSA) is 64.6 Å². The third kappa shape index (κ3) is 6.64. The first-order chi connectivity index (χ1) is 18.6. The summed E-state index contributed by atoms with van der Waals surface area (Å²) < 4.78 is 39.3. The van der Waals surface area contributed by atoms with Crippen LogP contribution in [0, 0.1) is 11.8 Å². The Morgan fingerprint density at radius 2 is 1.18 bits per heavy atom. The number of hydrogen-bond acceptors (Lipinski definition) is 7. The van der Waals surface area contributed by atoms with Gasteiger partial charge in [0, 0.05) is 12.5 Å². The summed E-state index contributed by atoms with van der Waals surface area (Å²) >= 11 is 0. The molecule has 1 aliphatic heterocycles. The van der Waals surface area contributed by atoms with E-state index in [1.54, 1.807) is 35.5 Å². The molecule has 38 heavy (non-hydrogen) atoms. The summed E-state index contributed by atoms with van der Waals surface area (Å²) in [6.45, 7) is 2.01. The van der Waals surface area contributed by atoms with Crippen LogP contribution in [0.1, 0.15) is 16.7 Å². The lowest BCUT2D eigenvalue weighted by Crippen LogP contribution is -2.17. The largest absolute Gasteiger partial charge is 0.497 e. The van der Waals surface area contributed by atoms with Crippen LogP contribution in [0.3, 0.4) is 0 Å². The van der Waals surface area contributed by atoms with Gasteiger partial charge in [0.2, 0.25) is 0 Å². The molecule has 3 aromatic carbocycles. The fraction of sp³-hybridized carbons (Fsp3) is 0.419. The fourth-order valence-electron chi connectivity index (χ4n) is 4.99. The van der Waals surface area contributed by atoms with Crippen molar-refractivity contribution in [2.45, 2.75) is 19.3 Å². The van der Waals surface area contributed by atoms with Gasteiger partial charge in [0.15, 0.2) is 23.0 Å². The number of rotatable bonds is 13. The van der Waals surface area contributed by atoms with Gasteiger partial charge in [0.25, 0.3) is 0 Å². The molecule has 0 aromatic heterocycles. The molecule has 1 aliphatic rings. The van der Waals surface area contributed by atoms with Crippen molar-refractivity contribution in [3.05, 3.63) is 71.3 Å². The van der Waals surface area contributed by atoms with Crippen LogP contribution in [-0.2, 0) is 24.0 Å². The van der Waals surface area contributed by atoms with E-state index in [1.807, 2.05) is 30.3 Å². The maximum absolute atomic E-state index is 6.10. The van der Waals surface area contributed by atoms with E-state index in [-0.39, 0.29) is 0 Å². The molecule has 204 valence electrons. The van der Waals surface area contributed by atoms with Crippen molar-refractivity contribution in [1.29, 1.82) is 0 Å². The summed E-state index contributed by atoms with van der Waals surface area (Å²) in [4.78, 5) is 0. The van der Waals surface area contributed by atoms with E-state index in [2.05, 4.69) is 24.3 Å². The van der Waals surface area contributed by atoms with Crippen molar-refractivity contribution in [3.8, 4) is 34.5 Å². The van der Waals surface area contributed by atoms with Crippen LogP contribution in [0.5, 0.6) is 34.5 Å². The van der Waals surface area contributed by atoms with Gasteiger partial charge in [-0.3, -0.25) is 0 Å². The van der Waals surface area contributed by atoms with Crippen molar-refractivity contribution < 1.29 is 33.2 Å². The van der Waals surface area contributed by atoms with Crippen LogP contribution in [0.2, 0.25) is 0 Å². The first kappa shape index (κ1) is 27.5. The SMILES string of the molecule is COc1ccc(CCOc2ccc(C[C@H]3COC[C@@H]3Cc3ccc(OC)c(OC)c3)cc2OC)c(OC)c1. The maximum Gasteiger partial charge on any atom is 0.161 e. The highest BCUT2D eigenvalue weighted by atomic mass is 16.5. The summed E-state index contributed by atoms with van der Waals surface area (Å²) in [6.07, 6.45) is 2.55. The Hall–Kier alpha value is -3.58. The standard InChI is InChI=1S/C31H38O7/c1-32-26-9-8-23(29(18-26)34-3)12-13-38-28-11-7-22(17-31(28)36-5)15-25-20-37-19-24(25)14-21-6-10-27(33-2)30(16-21)35-4/h6-11,16-18,24-25H,12-15,19-20H2,1-5H3/t24-,25-/m0/s1. The minimum Gasteiger partial charge on any atom is -0.497 e. The van der Waals surface area contributed by atoms with Crippen LogP contribution >= 0.6 is 0 Å². The minimum absolute atomic E-state index is 0.419. The lowest BCUT2D eigenvalue weighted by atomic mass is 9.85. The molecular formula is C31H38O7. The molecule has 0 aliphatic carbocycles. The van der Waals surface area contributed by atoms with E-state index in [0.29, 0.717) is 24.9 Å². The predicted octanol–water partition coefficient (Wildman–Crippen LogP) is 5.40. The van der Waals surface area contributed by atoms with E-state index in [4.69, 9.17) is 33.2 Å². The first-order valence-corrected chi connectivity index (χ1v) is 12.9. The molecular weight excluding hydrogens is 484 g/mol. The van der Waals surface area contributed by atoms with Gasteiger partial charge in [0.1, 0.15) is 11.5 Å². The van der Waals surface area contributed by atoms with Gasteiger partial charge in [0.05, 0.1) is 55.4 Å². The third-order valence-corrected chi connectivity index (χ3v) is 7.13. The van der Waals surface area contributed by atoms with Gasteiger partial charge in [-0.05, 0) is 71.7 Å². The molecule has 0 radical (unpaired) electrons. The van der Waals surface area contributed by atoms with E-state index < -0.39 is 0 Å². The van der Waals surface area contributed by atoms with Gasteiger partial charge in [-0.1, -0.05) is 18.2 Å². The summed E-state index contributed by atoms with van der Waals surface area (Å²) in [5.74, 6) is 5.36. The van der Waals surface area contributed by atoms with E-state index in [9.17, 15) is 0 Å². The Balaban J connectivity index is 1.37. The Morgan fingerprint density at radius 3 is 1.76 bits per heavy atom. The monoisotopic (exact) mass is 522 g/mol. The molecule has 1 fully saturated rings. The van der Waals surface area contributed by atoms with E-state index in [1.165, 1.54) is 11.1 Å². The van der Waals surface area contributed by atoms with Crippen molar-refractivity contribution >= 4 is 0 Å². The molecule has 0 unspecified atom stereocenters. The van der Waals surface area contributed by atoms with Crippen molar-refractivity contribution in [1.82, 2.24) is 0 Å². The lowest BCUT2D eigenvalue weighted by molar-refractivity contribution is 0.180. The Labute approximate surface area is 225 Å². The summed E-state index contributed by atoms with van der Waals surface area (Å²) in [6, 6.07) is 18.1. The van der Waals surface area contributed by atoms with Crippen LogP contribution < -0.4 is 28.4 Å². The zero-order valence-corrected chi connectivity index (χ0v) is 23.0. The second-order valence-corrected chi connectivity index (χ2v) is 9.42. The maximum atomic E-state index is 6.10. The second kappa shape index (κ2) is 13.3. The number of ether oxygens (including phenoxy) is 7. The van der Waals surface area contributed by atoms with Gasteiger partial charge >= 0.3 is 0 Å². The number of methoxy groups -OCH3 is 5. The summed E-state index contributed by atoms with van der Waals surface area (Å²) in [7, 11) is 8.30. The number of benzene rings is 3. The van der Waals surface area contributed by atoms with Crippen LogP contribution in [0.25, 0.3) is 0 Å². The van der Waals surface area contributed by atoms with Gasteiger partial charge in [-0.25, -0.2) is 0 Å². The highest BCUT2D eigenvalue weighted by Crippen LogP contribution is 2.35. The smallest absolute Gasteiger partial charge is 0.161 e. The normalized spacial score (nSPS) is 16.7. The van der Waals surface area contributed by atoms with E-state index >= 15 is 0 Å². The van der Waals surface area contributed by atoms with Gasteiger partial charge < -0.3 is 33.2 Å². The quantitative estimate of drug-likeness (QED) is 0.298. The predicted molar refractivity (Wildman–Crippen MR) is 146 cm³/mol. The molecule has 0 amide bonds. The fourth-order valence-corrected chi connectivity index (χ4v) is 4.99. The van der Waals surface area contributed by atoms with Crippen molar-refractivity contribution in [2.24, 2.45) is 11.8 Å². The molecule has 4 rings (SSSR count). The molecule has 3 aromatic rings. The average molecular weight is 523 g/mol. The highest BCUT2D eigenvalue weighted by molar-refractivity contribution is 5.45. The minimum atomic E-state index is 0.419. The van der Waals surface area contributed by atoms with Crippen molar-refractivity contribution in [2.75, 3.05) is 55.4 Å². The lowest BCUT2D eigenvalue weighted by Gasteiger charge is -2.19. The van der Waals surface area contributed by atoms with Gasteiger partial charge in [-0.15, -0.1) is 0 Å². The second-order valence-electron chi connectivity index (χ2n) is 9.42. The summed E-state index contributed by atoms with van der Waals surface area (Å²) in [5, 5.41) is 0. The van der Waals surface area contributed by atoms with Crippen LogP contribution in [-0.4, -0.2) is 55.4 Å². The Kier molecular flexibility index (Phi) is 9.60. The van der Waals surface area contributed by atoms with Crippen molar-refractivity contribution in [3.63, 3.8) is 0 Å². The zero-order chi connectivity index (χ0) is 26.9. The Bertz CT molecular complexity index is 1190. The highest BCUT2D eigenvalue weighted by Gasteiger charge is 2.29. The number of hydrogen-bond donors (Lipinski definition) is 0. The molecule has 7 nitrogen and oxygen atoms in total. The molecule has 7 heteroatoms. The molecule has 0 spiro atoms. The van der Waals surface area contributed by atoms with Gasteiger partial charge in [-0.2, -0.15) is 0 Å². The molecule has 2 atom stereocenters. The third-order valence-electron chi connectivity index (χ3n) is 7.13. The molecule has 1 saturated heterocycles. The average Bonchev–Trinajstić information content (AvgIpc) is 3.39. The molecule has 1 heterocycles. The van der Waals surface area contributed by atoms with Crippen LogP contribution in [0.4, 0.5) is 0 Å². The van der Waals surface area contributed by atoms with E-state index in [0.717, 1.165) is 66.1 Å². The first-order valence-electron chi connectivity index (χ1n) is 12.9. The van der Waals surface area contributed by atoms with Crippen LogP contribution in [0.15, 0.2) is 54.6 Å². The zero-order valence-electron chi connectivity index (χ0n) is 23.0. The molecule has 0 saturated carbocycles. The summed E-state index contributed by atoms with van der Waals surface area (Å²) in [5.41, 5.74) is 3.49. The molecule has 0 N–H and O–H groups in total. The Morgan fingerprint density at radius 1 is 0.605 bits per heavy atom.